The number of aromatic nitrogens is 2. The van der Waals surface area contributed by atoms with E-state index in [0.717, 1.165) is 50.9 Å². The Bertz CT molecular complexity index is 1550. The van der Waals surface area contributed by atoms with Gasteiger partial charge in [-0.1, -0.05) is 54.6 Å². The molecule has 0 radical (unpaired) electrons. The number of ether oxygens (including phenoxy) is 1. The Balaban J connectivity index is 1.38. The van der Waals surface area contributed by atoms with Crippen molar-refractivity contribution >= 4 is 27.8 Å². The van der Waals surface area contributed by atoms with E-state index in [2.05, 4.69) is 41.0 Å². The molecule has 0 saturated heterocycles. The summed E-state index contributed by atoms with van der Waals surface area (Å²) in [6.45, 7) is 0.366. The minimum atomic E-state index is -0.762. The zero-order valence-corrected chi connectivity index (χ0v) is 19.5. The van der Waals surface area contributed by atoms with Crippen molar-refractivity contribution in [2.24, 2.45) is 7.05 Å². The largest absolute Gasteiger partial charge is 0.487 e. The highest BCUT2D eigenvalue weighted by atomic mass is 16.5. The van der Waals surface area contributed by atoms with Gasteiger partial charge in [0.1, 0.15) is 12.4 Å². The number of aryl methyl sites for hydroxylation is 1. The second-order valence-electron chi connectivity index (χ2n) is 9.25. The van der Waals surface area contributed by atoms with Crippen LogP contribution in [0, 0.1) is 0 Å². The molecule has 2 aromatic heterocycles. The number of pyridine rings is 1. The summed E-state index contributed by atoms with van der Waals surface area (Å²) in [6, 6.07) is 28.6. The van der Waals surface area contributed by atoms with Crippen molar-refractivity contribution < 1.29 is 14.6 Å². The lowest BCUT2D eigenvalue weighted by Crippen LogP contribution is -2.23. The monoisotopic (exact) mass is 462 g/mol. The average Bonchev–Trinajstić information content (AvgIpc) is 3.19. The second kappa shape index (κ2) is 8.58. The fourth-order valence-corrected chi connectivity index (χ4v) is 5.56. The molecule has 6 rings (SSSR count). The first kappa shape index (κ1) is 21.4. The number of hydrogen-bond donors (Lipinski definition) is 1. The molecule has 0 saturated carbocycles. The molecule has 5 nitrogen and oxygen atoms in total. The summed E-state index contributed by atoms with van der Waals surface area (Å²) in [5.41, 5.74) is 6.08. The highest BCUT2D eigenvalue weighted by Crippen LogP contribution is 2.47. The summed E-state index contributed by atoms with van der Waals surface area (Å²) in [7, 11) is 1.97. The van der Waals surface area contributed by atoms with Crippen LogP contribution < -0.4 is 4.74 Å². The highest BCUT2D eigenvalue weighted by molar-refractivity contribution is 5.91. The maximum absolute atomic E-state index is 12.2. The number of aliphatic carboxylic acids is 1. The fraction of sp³-hybridized carbons (Fsp3) is 0.200. The number of benzene rings is 3. The number of carbonyl (C=O) groups is 1. The predicted octanol–water partition coefficient (Wildman–Crippen LogP) is 6.40. The number of nitrogens with zero attached hydrogens (tertiary/aromatic N) is 2. The van der Waals surface area contributed by atoms with E-state index in [4.69, 9.17) is 9.72 Å². The molecule has 1 aliphatic rings. The molecule has 0 aliphatic heterocycles. The Morgan fingerprint density at radius 3 is 2.63 bits per heavy atom. The van der Waals surface area contributed by atoms with E-state index >= 15 is 0 Å². The lowest BCUT2D eigenvalue weighted by molar-refractivity contribution is -0.139. The van der Waals surface area contributed by atoms with Crippen molar-refractivity contribution in [3.8, 4) is 5.75 Å². The lowest BCUT2D eigenvalue weighted by atomic mass is 9.76. The van der Waals surface area contributed by atoms with Gasteiger partial charge in [0.05, 0.1) is 22.6 Å². The van der Waals surface area contributed by atoms with Crippen LogP contribution >= 0.6 is 0 Å². The SMILES string of the molecule is Cn1c2c(c3ccc(OCc4ccc5ccccc5n4)cc31)C(c1ccccc1)CCC2C(=O)O. The van der Waals surface area contributed by atoms with Crippen LogP contribution in [0.5, 0.6) is 5.75 Å². The van der Waals surface area contributed by atoms with Crippen molar-refractivity contribution in [3.63, 3.8) is 0 Å². The molecule has 174 valence electrons. The molecule has 0 fully saturated rings. The Hall–Kier alpha value is -4.12. The van der Waals surface area contributed by atoms with E-state index in [9.17, 15) is 9.90 Å². The van der Waals surface area contributed by atoms with Crippen LogP contribution in [0.4, 0.5) is 0 Å². The Labute approximate surface area is 203 Å². The van der Waals surface area contributed by atoms with Gasteiger partial charge in [0.2, 0.25) is 0 Å². The highest BCUT2D eigenvalue weighted by Gasteiger charge is 2.36. The molecule has 5 aromatic rings. The van der Waals surface area contributed by atoms with Crippen LogP contribution in [-0.2, 0) is 18.4 Å². The lowest BCUT2D eigenvalue weighted by Gasteiger charge is -2.28. The van der Waals surface area contributed by atoms with E-state index in [0.29, 0.717) is 13.0 Å². The number of carboxylic acids is 1. The van der Waals surface area contributed by atoms with Crippen molar-refractivity contribution in [1.29, 1.82) is 0 Å². The molecule has 1 aliphatic carbocycles. The van der Waals surface area contributed by atoms with E-state index in [1.165, 1.54) is 5.56 Å². The molecule has 1 N–H and O–H groups in total. The molecular weight excluding hydrogens is 436 g/mol. The zero-order valence-electron chi connectivity index (χ0n) is 19.5. The molecule has 0 bridgehead atoms. The van der Waals surface area contributed by atoms with Gasteiger partial charge in [-0.05, 0) is 48.2 Å². The number of carboxylic acid groups (broad SMARTS) is 1. The first-order chi connectivity index (χ1) is 17.1. The van der Waals surface area contributed by atoms with E-state index in [1.54, 1.807) is 0 Å². The third-order valence-corrected chi connectivity index (χ3v) is 7.22. The summed E-state index contributed by atoms with van der Waals surface area (Å²) >= 11 is 0. The molecule has 2 unspecified atom stereocenters. The summed E-state index contributed by atoms with van der Waals surface area (Å²) in [5, 5.41) is 12.2. The van der Waals surface area contributed by atoms with Crippen LogP contribution in [-0.4, -0.2) is 20.6 Å². The maximum Gasteiger partial charge on any atom is 0.312 e. The fourth-order valence-electron chi connectivity index (χ4n) is 5.56. The third-order valence-electron chi connectivity index (χ3n) is 7.22. The molecule has 0 spiro atoms. The summed E-state index contributed by atoms with van der Waals surface area (Å²) < 4.78 is 8.18. The number of para-hydroxylation sites is 1. The third kappa shape index (κ3) is 3.73. The van der Waals surface area contributed by atoms with Gasteiger partial charge in [0.25, 0.3) is 0 Å². The van der Waals surface area contributed by atoms with E-state index in [1.807, 2.05) is 55.6 Å². The summed E-state index contributed by atoms with van der Waals surface area (Å²) in [6.07, 6.45) is 1.45. The van der Waals surface area contributed by atoms with Crippen LogP contribution in [0.25, 0.3) is 21.8 Å². The van der Waals surface area contributed by atoms with Gasteiger partial charge in [-0.25, -0.2) is 4.98 Å². The normalized spacial score (nSPS) is 17.4. The second-order valence-corrected chi connectivity index (χ2v) is 9.25. The molecule has 0 amide bonds. The smallest absolute Gasteiger partial charge is 0.312 e. The van der Waals surface area contributed by atoms with Crippen molar-refractivity contribution in [2.45, 2.75) is 31.3 Å². The van der Waals surface area contributed by atoms with Gasteiger partial charge in [-0.3, -0.25) is 4.79 Å². The van der Waals surface area contributed by atoms with Gasteiger partial charge in [-0.15, -0.1) is 0 Å². The van der Waals surface area contributed by atoms with Gasteiger partial charge in [0.15, 0.2) is 0 Å². The topological polar surface area (TPSA) is 64.4 Å². The molecule has 5 heteroatoms. The standard InChI is InChI=1S/C30H26N2O3/c1-32-27-17-22(35-18-21-12-11-20-9-5-6-10-26(20)31-21)13-14-24(27)28-23(19-7-3-2-4-8-19)15-16-25(29(28)32)30(33)34/h2-14,17,23,25H,15-16,18H2,1H3,(H,33,34). The summed E-state index contributed by atoms with van der Waals surface area (Å²) in [4.78, 5) is 16.9. The van der Waals surface area contributed by atoms with Crippen molar-refractivity contribution in [1.82, 2.24) is 9.55 Å². The predicted molar refractivity (Wildman–Crippen MR) is 137 cm³/mol. The van der Waals surface area contributed by atoms with Crippen LogP contribution in [0.2, 0.25) is 0 Å². The first-order valence-corrected chi connectivity index (χ1v) is 12.0. The number of hydrogen-bond acceptors (Lipinski definition) is 3. The van der Waals surface area contributed by atoms with Gasteiger partial charge in [0, 0.05) is 35.5 Å². The Kier molecular flexibility index (Phi) is 5.25. The van der Waals surface area contributed by atoms with Crippen LogP contribution in [0.1, 0.15) is 47.2 Å². The molecule has 3 aromatic carbocycles. The quantitative estimate of drug-likeness (QED) is 0.328. The van der Waals surface area contributed by atoms with Gasteiger partial charge < -0.3 is 14.4 Å². The maximum atomic E-state index is 12.2. The molecule has 2 atom stereocenters. The van der Waals surface area contributed by atoms with Crippen molar-refractivity contribution in [2.75, 3.05) is 0 Å². The summed E-state index contributed by atoms with van der Waals surface area (Å²) in [5.74, 6) is -0.344. The molecule has 35 heavy (non-hydrogen) atoms. The average molecular weight is 463 g/mol. The van der Waals surface area contributed by atoms with E-state index in [-0.39, 0.29) is 5.92 Å². The minimum Gasteiger partial charge on any atom is -0.487 e. The number of fused-ring (bicyclic) bond motifs is 4. The Morgan fingerprint density at radius 1 is 1.00 bits per heavy atom. The zero-order chi connectivity index (χ0) is 23.9. The van der Waals surface area contributed by atoms with Gasteiger partial charge >= 0.3 is 5.97 Å². The minimum absolute atomic E-state index is 0.180. The Morgan fingerprint density at radius 2 is 1.80 bits per heavy atom. The first-order valence-electron chi connectivity index (χ1n) is 12.0. The van der Waals surface area contributed by atoms with Crippen LogP contribution in [0.15, 0.2) is 84.9 Å². The van der Waals surface area contributed by atoms with E-state index < -0.39 is 11.9 Å². The number of rotatable bonds is 5. The van der Waals surface area contributed by atoms with Crippen LogP contribution in [0.3, 0.4) is 0 Å². The van der Waals surface area contributed by atoms with Crippen molar-refractivity contribution in [3.05, 3.63) is 107 Å². The molecule has 2 heterocycles. The molecular formula is C30H26N2O3. The van der Waals surface area contributed by atoms with Gasteiger partial charge in [-0.2, -0.15) is 0 Å².